The van der Waals surface area contributed by atoms with Crippen LogP contribution in [0.4, 0.5) is 0 Å². The van der Waals surface area contributed by atoms with Crippen LogP contribution in [-0.2, 0) is 13.1 Å². The first-order valence-corrected chi connectivity index (χ1v) is 6.76. The van der Waals surface area contributed by atoms with Crippen LogP contribution >= 0.6 is 0 Å². The van der Waals surface area contributed by atoms with Gasteiger partial charge in [-0.25, -0.2) is 0 Å². The van der Waals surface area contributed by atoms with Crippen LogP contribution < -0.4 is 5.73 Å². The number of carbonyl (C=O) groups is 1. The van der Waals surface area contributed by atoms with Gasteiger partial charge in [0.25, 0.3) is 5.91 Å². The average Bonchev–Trinajstić information content (AvgIpc) is 3.21. The van der Waals surface area contributed by atoms with Gasteiger partial charge in [-0.2, -0.15) is 0 Å². The maximum atomic E-state index is 12.5. The van der Waals surface area contributed by atoms with Gasteiger partial charge >= 0.3 is 0 Å². The third-order valence-corrected chi connectivity index (χ3v) is 3.42. The monoisotopic (exact) mass is 271 g/mol. The fourth-order valence-corrected chi connectivity index (χ4v) is 2.18. The summed E-state index contributed by atoms with van der Waals surface area (Å²) in [5, 5.41) is 0. The third-order valence-electron chi connectivity index (χ3n) is 3.42. The van der Waals surface area contributed by atoms with E-state index in [9.17, 15) is 4.79 Å². The van der Waals surface area contributed by atoms with E-state index in [1.54, 1.807) is 24.5 Å². The fraction of sp³-hybridized carbons (Fsp3) is 0.333. The topological polar surface area (TPSA) is 72.4 Å². The highest BCUT2D eigenvalue weighted by Gasteiger charge is 2.34. The first kappa shape index (κ1) is 12.9. The van der Waals surface area contributed by atoms with Crippen LogP contribution in [0.1, 0.15) is 34.7 Å². The summed E-state index contributed by atoms with van der Waals surface area (Å²) < 4.78 is 5.46. The summed E-state index contributed by atoms with van der Waals surface area (Å²) in [6.07, 6.45) is 5.59. The van der Waals surface area contributed by atoms with Crippen LogP contribution in [0, 0.1) is 0 Å². The zero-order valence-electron chi connectivity index (χ0n) is 11.2. The smallest absolute Gasteiger partial charge is 0.290 e. The lowest BCUT2D eigenvalue weighted by Gasteiger charge is -2.21. The number of nitrogens with zero attached hydrogens (tertiary/aromatic N) is 2. The SMILES string of the molecule is NCc1ccc(C(=O)N(Cc2ccncc2)C2CC2)o1. The Morgan fingerprint density at radius 1 is 1.30 bits per heavy atom. The molecule has 2 heterocycles. The van der Waals surface area contributed by atoms with Gasteiger partial charge in [0, 0.05) is 25.0 Å². The highest BCUT2D eigenvalue weighted by Crippen LogP contribution is 2.30. The molecule has 2 aromatic heterocycles. The Kier molecular flexibility index (Phi) is 3.52. The lowest BCUT2D eigenvalue weighted by Crippen LogP contribution is -2.32. The Balaban J connectivity index is 1.78. The minimum Gasteiger partial charge on any atom is -0.455 e. The van der Waals surface area contributed by atoms with Gasteiger partial charge in [0.2, 0.25) is 0 Å². The van der Waals surface area contributed by atoms with E-state index in [1.807, 2.05) is 17.0 Å². The first-order valence-electron chi connectivity index (χ1n) is 6.76. The van der Waals surface area contributed by atoms with Crippen LogP contribution in [-0.4, -0.2) is 21.8 Å². The lowest BCUT2D eigenvalue weighted by molar-refractivity contribution is 0.0695. The van der Waals surface area contributed by atoms with E-state index in [1.165, 1.54) is 0 Å². The van der Waals surface area contributed by atoms with E-state index in [4.69, 9.17) is 10.2 Å². The van der Waals surface area contributed by atoms with Crippen molar-refractivity contribution in [3.05, 3.63) is 53.7 Å². The van der Waals surface area contributed by atoms with Crippen molar-refractivity contribution in [2.24, 2.45) is 5.73 Å². The number of amides is 1. The van der Waals surface area contributed by atoms with Crippen molar-refractivity contribution in [3.8, 4) is 0 Å². The molecule has 0 bridgehead atoms. The molecule has 0 atom stereocenters. The molecule has 104 valence electrons. The predicted molar refractivity (Wildman–Crippen MR) is 73.7 cm³/mol. The number of furan rings is 1. The Hall–Kier alpha value is -2.14. The van der Waals surface area contributed by atoms with Crippen molar-refractivity contribution >= 4 is 5.91 Å². The van der Waals surface area contributed by atoms with Crippen LogP contribution in [0.25, 0.3) is 0 Å². The van der Waals surface area contributed by atoms with Crippen molar-refractivity contribution in [1.82, 2.24) is 9.88 Å². The van der Waals surface area contributed by atoms with Crippen molar-refractivity contribution in [3.63, 3.8) is 0 Å². The molecule has 3 rings (SSSR count). The van der Waals surface area contributed by atoms with E-state index in [0.717, 1.165) is 18.4 Å². The molecule has 20 heavy (non-hydrogen) atoms. The molecule has 1 saturated carbocycles. The Bertz CT molecular complexity index is 590. The molecule has 1 aliphatic rings. The number of hydrogen-bond donors (Lipinski definition) is 1. The summed E-state index contributed by atoms with van der Waals surface area (Å²) in [7, 11) is 0. The van der Waals surface area contributed by atoms with E-state index >= 15 is 0 Å². The van der Waals surface area contributed by atoms with Crippen molar-refractivity contribution in [1.29, 1.82) is 0 Å². The Morgan fingerprint density at radius 2 is 2.05 bits per heavy atom. The molecule has 0 aliphatic heterocycles. The van der Waals surface area contributed by atoms with Crippen molar-refractivity contribution in [2.75, 3.05) is 0 Å². The number of aromatic nitrogens is 1. The minimum absolute atomic E-state index is 0.0657. The second-order valence-corrected chi connectivity index (χ2v) is 4.99. The molecular formula is C15H17N3O2. The van der Waals surface area contributed by atoms with Gasteiger partial charge in [-0.05, 0) is 42.7 Å². The minimum atomic E-state index is -0.0657. The molecule has 2 aromatic rings. The fourth-order valence-electron chi connectivity index (χ4n) is 2.18. The lowest BCUT2D eigenvalue weighted by atomic mass is 10.2. The van der Waals surface area contributed by atoms with Gasteiger partial charge in [0.05, 0.1) is 6.54 Å². The van der Waals surface area contributed by atoms with Crippen molar-refractivity contribution < 1.29 is 9.21 Å². The standard InChI is InChI=1S/C15H17N3O2/c16-9-13-3-4-14(20-13)15(19)18(12-1-2-12)10-11-5-7-17-8-6-11/h3-8,12H,1-2,9-10,16H2. The van der Waals surface area contributed by atoms with Gasteiger partial charge in [-0.3, -0.25) is 9.78 Å². The summed E-state index contributed by atoms with van der Waals surface area (Å²) >= 11 is 0. The molecule has 0 aromatic carbocycles. The average molecular weight is 271 g/mol. The van der Waals surface area contributed by atoms with Gasteiger partial charge in [-0.15, -0.1) is 0 Å². The van der Waals surface area contributed by atoms with Crippen LogP contribution in [0.15, 0.2) is 41.1 Å². The second kappa shape index (κ2) is 5.46. The molecule has 5 nitrogen and oxygen atoms in total. The molecule has 1 fully saturated rings. The zero-order chi connectivity index (χ0) is 13.9. The Labute approximate surface area is 117 Å². The molecule has 1 aliphatic carbocycles. The maximum Gasteiger partial charge on any atom is 0.290 e. The molecule has 0 unspecified atom stereocenters. The molecule has 2 N–H and O–H groups in total. The predicted octanol–water partition coefficient (Wildman–Crippen LogP) is 1.94. The molecular weight excluding hydrogens is 254 g/mol. The molecule has 1 amide bonds. The maximum absolute atomic E-state index is 12.5. The highest BCUT2D eigenvalue weighted by atomic mass is 16.4. The molecule has 0 radical (unpaired) electrons. The van der Waals surface area contributed by atoms with E-state index in [2.05, 4.69) is 4.98 Å². The zero-order valence-corrected chi connectivity index (χ0v) is 11.2. The highest BCUT2D eigenvalue weighted by molar-refractivity contribution is 5.92. The summed E-state index contributed by atoms with van der Waals surface area (Å²) in [6, 6.07) is 7.63. The van der Waals surface area contributed by atoms with Crippen LogP contribution in [0.5, 0.6) is 0 Å². The summed E-state index contributed by atoms with van der Waals surface area (Å²) in [5.74, 6) is 0.934. The second-order valence-electron chi connectivity index (χ2n) is 4.99. The van der Waals surface area contributed by atoms with Crippen LogP contribution in [0.2, 0.25) is 0 Å². The largest absolute Gasteiger partial charge is 0.455 e. The van der Waals surface area contributed by atoms with Crippen LogP contribution in [0.3, 0.4) is 0 Å². The van der Waals surface area contributed by atoms with Crippen molar-refractivity contribution in [2.45, 2.75) is 32.0 Å². The van der Waals surface area contributed by atoms with Gasteiger partial charge in [0.1, 0.15) is 5.76 Å². The number of nitrogens with two attached hydrogens (primary N) is 1. The first-order chi connectivity index (χ1) is 9.78. The van der Waals surface area contributed by atoms with E-state index in [0.29, 0.717) is 30.7 Å². The number of carbonyl (C=O) groups excluding carboxylic acids is 1. The summed E-state index contributed by atoms with van der Waals surface area (Å²) in [6.45, 7) is 0.895. The number of pyridine rings is 1. The summed E-state index contributed by atoms with van der Waals surface area (Å²) in [4.78, 5) is 18.4. The quantitative estimate of drug-likeness (QED) is 0.902. The molecule has 5 heteroatoms. The third kappa shape index (κ3) is 2.72. The number of rotatable bonds is 5. The normalized spacial score (nSPS) is 14.2. The van der Waals surface area contributed by atoms with Gasteiger partial charge in [-0.1, -0.05) is 0 Å². The molecule has 0 spiro atoms. The van der Waals surface area contributed by atoms with Gasteiger partial charge in [0.15, 0.2) is 5.76 Å². The Morgan fingerprint density at radius 3 is 2.65 bits per heavy atom. The van der Waals surface area contributed by atoms with Gasteiger partial charge < -0.3 is 15.1 Å². The summed E-state index contributed by atoms with van der Waals surface area (Å²) in [5.41, 5.74) is 6.58. The molecule has 0 saturated heterocycles. The van der Waals surface area contributed by atoms with E-state index < -0.39 is 0 Å². The van der Waals surface area contributed by atoms with E-state index in [-0.39, 0.29) is 5.91 Å². The number of hydrogen-bond acceptors (Lipinski definition) is 4.